The number of hydrogen-bond donors (Lipinski definition) is 1. The average Bonchev–Trinajstić information content (AvgIpc) is 3.24. The summed E-state index contributed by atoms with van der Waals surface area (Å²) in [5.41, 5.74) is 2.71. The van der Waals surface area contributed by atoms with Gasteiger partial charge in [0.25, 0.3) is 5.91 Å². The van der Waals surface area contributed by atoms with Gasteiger partial charge < -0.3 is 10.2 Å². The van der Waals surface area contributed by atoms with Crippen molar-refractivity contribution in [2.45, 2.75) is 25.3 Å². The summed E-state index contributed by atoms with van der Waals surface area (Å²) in [6.45, 7) is 2.36. The molecule has 168 valence electrons. The van der Waals surface area contributed by atoms with Crippen LogP contribution in [0.3, 0.4) is 0 Å². The quantitative estimate of drug-likeness (QED) is 0.433. The third-order valence-corrected chi connectivity index (χ3v) is 6.85. The molecule has 0 saturated heterocycles. The van der Waals surface area contributed by atoms with Crippen LogP contribution in [0.4, 0.5) is 0 Å². The zero-order valence-electron chi connectivity index (χ0n) is 19.0. The molecule has 33 heavy (non-hydrogen) atoms. The van der Waals surface area contributed by atoms with E-state index in [0.717, 1.165) is 26.4 Å². The monoisotopic (exact) mass is 457 g/mol. The van der Waals surface area contributed by atoms with Gasteiger partial charge in [-0.25, -0.2) is 4.98 Å². The number of carbonyl (C=O) groups excluding carboxylic acids is 2. The fraction of sp³-hybridized carbons (Fsp3) is 0.222. The van der Waals surface area contributed by atoms with Gasteiger partial charge in [-0.15, -0.1) is 11.3 Å². The highest BCUT2D eigenvalue weighted by molar-refractivity contribution is 7.18. The normalized spacial score (nSPS) is 12.8. The lowest BCUT2D eigenvalue weighted by Gasteiger charge is -2.28. The number of nitrogens with zero attached hydrogens (tertiary/aromatic N) is 2. The molecule has 2 amide bonds. The Balaban J connectivity index is 1.54. The number of benzene rings is 3. The fourth-order valence-corrected chi connectivity index (χ4v) is 4.94. The molecule has 0 aliphatic rings. The minimum absolute atomic E-state index is 0.0435. The number of amides is 2. The van der Waals surface area contributed by atoms with Gasteiger partial charge in [0.15, 0.2) is 0 Å². The van der Waals surface area contributed by atoms with Crippen molar-refractivity contribution in [2.24, 2.45) is 0 Å². The molecule has 1 unspecified atom stereocenters. The van der Waals surface area contributed by atoms with E-state index in [9.17, 15) is 9.59 Å². The summed E-state index contributed by atoms with van der Waals surface area (Å²) < 4.78 is 1.12. The molecule has 0 spiro atoms. The van der Waals surface area contributed by atoms with Crippen molar-refractivity contribution >= 4 is 33.4 Å². The second kappa shape index (κ2) is 9.55. The molecule has 1 N–H and O–H groups in total. The third kappa shape index (κ3) is 4.96. The third-order valence-electron chi connectivity index (χ3n) is 5.82. The lowest BCUT2D eigenvalue weighted by atomic mass is 9.78. The van der Waals surface area contributed by atoms with Crippen LogP contribution in [0.5, 0.6) is 0 Å². The van der Waals surface area contributed by atoms with Crippen LogP contribution in [0, 0.1) is 0 Å². The number of hydrogen-bond acceptors (Lipinski definition) is 4. The van der Waals surface area contributed by atoms with Crippen LogP contribution < -0.4 is 5.32 Å². The number of nitrogens with one attached hydrogen (secondary N) is 1. The summed E-state index contributed by atoms with van der Waals surface area (Å²) in [5.74, 6) is -0.0977. The van der Waals surface area contributed by atoms with E-state index in [2.05, 4.69) is 11.4 Å². The van der Waals surface area contributed by atoms with E-state index in [4.69, 9.17) is 4.98 Å². The summed E-state index contributed by atoms with van der Waals surface area (Å²) in [4.78, 5) is 31.9. The van der Waals surface area contributed by atoms with E-state index >= 15 is 0 Å². The number of para-hydroxylation sites is 1. The number of rotatable bonds is 7. The maximum absolute atomic E-state index is 13.5. The minimum atomic E-state index is -0.768. The van der Waals surface area contributed by atoms with Gasteiger partial charge in [0.05, 0.1) is 20.6 Å². The van der Waals surface area contributed by atoms with Crippen molar-refractivity contribution < 1.29 is 9.59 Å². The molecule has 0 aliphatic heterocycles. The van der Waals surface area contributed by atoms with Gasteiger partial charge in [-0.05, 0) is 42.3 Å². The van der Waals surface area contributed by atoms with Crippen molar-refractivity contribution in [1.82, 2.24) is 15.2 Å². The van der Waals surface area contributed by atoms with Crippen molar-refractivity contribution in [3.8, 4) is 0 Å². The van der Waals surface area contributed by atoms with E-state index < -0.39 is 5.41 Å². The van der Waals surface area contributed by atoms with Crippen LogP contribution in [-0.4, -0.2) is 35.8 Å². The lowest BCUT2D eigenvalue weighted by Crippen LogP contribution is -2.43. The van der Waals surface area contributed by atoms with E-state index in [1.807, 2.05) is 67.6 Å². The number of fused-ring (bicyclic) bond motifs is 1. The van der Waals surface area contributed by atoms with Crippen molar-refractivity contribution in [3.63, 3.8) is 0 Å². The first kappa shape index (κ1) is 22.7. The van der Waals surface area contributed by atoms with E-state index in [1.165, 1.54) is 0 Å². The summed E-state index contributed by atoms with van der Waals surface area (Å²) >= 11 is 1.63. The minimum Gasteiger partial charge on any atom is -0.351 e. The highest BCUT2D eigenvalue weighted by Gasteiger charge is 2.36. The second-order valence-electron chi connectivity index (χ2n) is 8.53. The molecule has 5 nitrogen and oxygen atoms in total. The predicted octanol–water partition coefficient (Wildman–Crippen LogP) is 4.81. The maximum Gasteiger partial charge on any atom is 0.253 e. The Morgan fingerprint density at radius 2 is 1.61 bits per heavy atom. The first-order valence-corrected chi connectivity index (χ1v) is 11.7. The van der Waals surface area contributed by atoms with Gasteiger partial charge in [0.1, 0.15) is 0 Å². The van der Waals surface area contributed by atoms with Crippen LogP contribution in [0.1, 0.15) is 33.4 Å². The number of carbonyl (C=O) groups is 2. The molecule has 0 fully saturated rings. The van der Waals surface area contributed by atoms with Crippen LogP contribution in [0.25, 0.3) is 10.2 Å². The van der Waals surface area contributed by atoms with Gasteiger partial charge in [-0.2, -0.15) is 0 Å². The molecule has 4 rings (SSSR count). The van der Waals surface area contributed by atoms with Crippen LogP contribution in [0.15, 0.2) is 78.9 Å². The SMILES string of the molecule is CN(C)C(=O)c1ccc(CNC(=O)C(C)(Cc2nc3ccccc3s2)c2ccccc2)cc1. The molecule has 0 bridgehead atoms. The van der Waals surface area contributed by atoms with Crippen LogP contribution in [0.2, 0.25) is 0 Å². The van der Waals surface area contributed by atoms with E-state index in [0.29, 0.717) is 18.5 Å². The molecule has 0 aliphatic carbocycles. The summed E-state index contributed by atoms with van der Waals surface area (Å²) in [6, 6.07) is 25.2. The average molecular weight is 458 g/mol. The smallest absolute Gasteiger partial charge is 0.253 e. The standard InChI is InChI=1S/C27H27N3O2S/c1-27(21-9-5-4-6-10-21,17-24-29-22-11-7-8-12-23(22)33-24)26(32)28-18-19-13-15-20(16-14-19)25(31)30(2)3/h4-16H,17-18H2,1-3H3,(H,28,32). The topological polar surface area (TPSA) is 62.3 Å². The highest BCUT2D eigenvalue weighted by Crippen LogP contribution is 2.32. The van der Waals surface area contributed by atoms with Gasteiger partial charge in [-0.3, -0.25) is 9.59 Å². The molecule has 3 aromatic carbocycles. The highest BCUT2D eigenvalue weighted by atomic mass is 32.1. The molecule has 1 atom stereocenters. The van der Waals surface area contributed by atoms with Crippen molar-refractivity contribution in [2.75, 3.05) is 14.1 Å². The van der Waals surface area contributed by atoms with Gasteiger partial charge in [0.2, 0.25) is 5.91 Å². The molecule has 0 radical (unpaired) electrons. The van der Waals surface area contributed by atoms with Gasteiger partial charge in [0, 0.05) is 32.6 Å². The Labute approximate surface area is 198 Å². The van der Waals surface area contributed by atoms with E-state index in [1.54, 1.807) is 42.5 Å². The van der Waals surface area contributed by atoms with Gasteiger partial charge in [-0.1, -0.05) is 54.6 Å². The zero-order valence-corrected chi connectivity index (χ0v) is 19.9. The first-order valence-electron chi connectivity index (χ1n) is 10.9. The zero-order chi connectivity index (χ0) is 23.4. The maximum atomic E-state index is 13.5. The molecule has 1 aromatic heterocycles. The molecule has 0 saturated carbocycles. The molecule has 4 aromatic rings. The lowest BCUT2D eigenvalue weighted by molar-refractivity contribution is -0.126. The predicted molar refractivity (Wildman–Crippen MR) is 133 cm³/mol. The van der Waals surface area contributed by atoms with Crippen molar-refractivity contribution in [3.05, 3.63) is 101 Å². The Morgan fingerprint density at radius 3 is 2.27 bits per heavy atom. The molecule has 1 heterocycles. The second-order valence-corrected chi connectivity index (χ2v) is 9.64. The number of aromatic nitrogens is 1. The molecular weight excluding hydrogens is 430 g/mol. The van der Waals surface area contributed by atoms with Gasteiger partial charge >= 0.3 is 0 Å². The summed E-state index contributed by atoms with van der Waals surface area (Å²) in [6.07, 6.45) is 0.512. The molecular formula is C27H27N3O2S. The van der Waals surface area contributed by atoms with Crippen LogP contribution in [-0.2, 0) is 23.2 Å². The number of thiazole rings is 1. The largest absolute Gasteiger partial charge is 0.351 e. The summed E-state index contributed by atoms with van der Waals surface area (Å²) in [7, 11) is 3.46. The molecule has 6 heteroatoms. The first-order chi connectivity index (χ1) is 15.9. The van der Waals surface area contributed by atoms with Crippen molar-refractivity contribution in [1.29, 1.82) is 0 Å². The fourth-order valence-electron chi connectivity index (χ4n) is 3.82. The Kier molecular flexibility index (Phi) is 6.56. The van der Waals surface area contributed by atoms with Crippen LogP contribution >= 0.6 is 11.3 Å². The summed E-state index contributed by atoms with van der Waals surface area (Å²) in [5, 5.41) is 4.04. The Bertz CT molecular complexity index is 1230. The Hall–Kier alpha value is -3.51. The Morgan fingerprint density at radius 1 is 0.939 bits per heavy atom. The van der Waals surface area contributed by atoms with E-state index in [-0.39, 0.29) is 11.8 Å².